The monoisotopic (exact) mass is 556 g/mol. The molecule has 2 N–H and O–H groups in total. The van der Waals surface area contributed by atoms with Gasteiger partial charge in [-0.15, -0.1) is 24.0 Å². The largest absolute Gasteiger partial charge is 0.378 e. The summed E-state index contributed by atoms with van der Waals surface area (Å²) in [5.41, 5.74) is 0.268. The molecule has 0 aromatic rings. The Hall–Kier alpha value is -0.130. The number of nitrogens with one attached hydrogen (secondary N) is 2. The first-order chi connectivity index (χ1) is 13.9. The van der Waals surface area contributed by atoms with Crippen molar-refractivity contribution in [2.45, 2.75) is 90.3 Å². The summed E-state index contributed by atoms with van der Waals surface area (Å²) in [6.07, 6.45) is 8.80. The number of ether oxygens (including phenoxy) is 1. The fourth-order valence-corrected chi connectivity index (χ4v) is 6.94. The summed E-state index contributed by atoms with van der Waals surface area (Å²) < 4.78 is 32.3. The van der Waals surface area contributed by atoms with E-state index in [1.54, 1.807) is 4.31 Å². The Kier molecular flexibility index (Phi) is 10.1. The second-order valence-corrected chi connectivity index (χ2v) is 10.9. The number of aliphatic imine (C=N–C) groups is 1. The van der Waals surface area contributed by atoms with Gasteiger partial charge in [-0.1, -0.05) is 19.8 Å². The lowest BCUT2D eigenvalue weighted by Gasteiger charge is -2.54. The molecule has 2 aliphatic carbocycles. The molecule has 176 valence electrons. The highest BCUT2D eigenvalue weighted by Gasteiger charge is 2.57. The minimum absolute atomic E-state index is 0. The summed E-state index contributed by atoms with van der Waals surface area (Å²) in [6.45, 7) is 8.76. The number of sulfonamides is 1. The van der Waals surface area contributed by atoms with Gasteiger partial charge in [0.1, 0.15) is 0 Å². The van der Waals surface area contributed by atoms with Gasteiger partial charge in [-0.25, -0.2) is 12.7 Å². The first-order valence-electron chi connectivity index (χ1n) is 11.6. The van der Waals surface area contributed by atoms with Crippen LogP contribution in [0, 0.1) is 5.41 Å². The summed E-state index contributed by atoms with van der Waals surface area (Å²) in [4.78, 5) is 4.68. The molecule has 3 rings (SSSR count). The molecule has 3 aliphatic rings. The van der Waals surface area contributed by atoms with E-state index >= 15 is 0 Å². The molecule has 7 nitrogen and oxygen atoms in total. The molecule has 0 bridgehead atoms. The highest BCUT2D eigenvalue weighted by molar-refractivity contribution is 14.0. The molecule has 2 unspecified atom stereocenters. The standard InChI is InChI=1S/C21H40N4O3S.HI/c1-4-15-29(26,27)25-13-9-17(10-14-25)23-20(22-5-2)24-18-16-19(28-6-3)21(18)11-7-8-12-21;/h17-19H,4-16H2,1-3H3,(H2,22,23,24);1H. The molecule has 2 saturated carbocycles. The van der Waals surface area contributed by atoms with E-state index in [-0.39, 0.29) is 41.2 Å². The van der Waals surface area contributed by atoms with E-state index in [4.69, 9.17) is 4.74 Å². The van der Waals surface area contributed by atoms with E-state index in [0.717, 1.165) is 38.4 Å². The van der Waals surface area contributed by atoms with Gasteiger partial charge < -0.3 is 15.4 Å². The predicted octanol–water partition coefficient (Wildman–Crippen LogP) is 3.10. The van der Waals surface area contributed by atoms with Gasteiger partial charge in [-0.05, 0) is 52.4 Å². The maximum atomic E-state index is 12.3. The van der Waals surface area contributed by atoms with Crippen LogP contribution in [0.15, 0.2) is 4.99 Å². The lowest BCUT2D eigenvalue weighted by molar-refractivity contribution is -0.125. The summed E-state index contributed by atoms with van der Waals surface area (Å²) in [5.74, 6) is 1.13. The summed E-state index contributed by atoms with van der Waals surface area (Å²) >= 11 is 0. The Morgan fingerprint density at radius 3 is 2.37 bits per heavy atom. The molecule has 0 aromatic carbocycles. The Morgan fingerprint density at radius 2 is 1.80 bits per heavy atom. The van der Waals surface area contributed by atoms with Crippen LogP contribution in [0.1, 0.15) is 72.1 Å². The highest BCUT2D eigenvalue weighted by Crippen LogP contribution is 2.54. The van der Waals surface area contributed by atoms with Crippen LogP contribution in [0.25, 0.3) is 0 Å². The van der Waals surface area contributed by atoms with Crippen molar-refractivity contribution >= 4 is 40.0 Å². The van der Waals surface area contributed by atoms with Crippen LogP contribution >= 0.6 is 24.0 Å². The fraction of sp³-hybridized carbons (Fsp3) is 0.952. The van der Waals surface area contributed by atoms with Crippen molar-refractivity contribution in [1.82, 2.24) is 14.9 Å². The number of hydrogen-bond acceptors (Lipinski definition) is 4. The Morgan fingerprint density at radius 1 is 1.13 bits per heavy atom. The lowest BCUT2D eigenvalue weighted by atomic mass is 9.60. The van der Waals surface area contributed by atoms with Crippen LogP contribution in [0.5, 0.6) is 0 Å². The van der Waals surface area contributed by atoms with Crippen molar-refractivity contribution in [2.24, 2.45) is 10.4 Å². The Balaban J connectivity index is 0.00000320. The maximum absolute atomic E-state index is 12.3. The lowest BCUT2D eigenvalue weighted by Crippen LogP contribution is -2.65. The minimum atomic E-state index is -3.09. The first kappa shape index (κ1) is 26.1. The molecule has 1 aliphatic heterocycles. The summed E-state index contributed by atoms with van der Waals surface area (Å²) in [6, 6.07) is 0.688. The Labute approximate surface area is 200 Å². The van der Waals surface area contributed by atoms with Gasteiger partial charge in [0.25, 0.3) is 0 Å². The van der Waals surface area contributed by atoms with Gasteiger partial charge in [0.15, 0.2) is 5.96 Å². The van der Waals surface area contributed by atoms with Crippen LogP contribution in [-0.4, -0.2) is 68.9 Å². The second kappa shape index (κ2) is 11.7. The number of rotatable bonds is 8. The SMILES string of the molecule is CCCS(=O)(=O)N1CCC(NC(=NCC)NC2CC(OCC)C23CCCC3)CC1.I. The maximum Gasteiger partial charge on any atom is 0.214 e. The van der Waals surface area contributed by atoms with E-state index in [1.165, 1.54) is 25.7 Å². The molecule has 0 amide bonds. The fourth-order valence-electron chi connectivity index (χ4n) is 5.40. The molecule has 0 aromatic heterocycles. The number of nitrogens with zero attached hydrogens (tertiary/aromatic N) is 2. The minimum Gasteiger partial charge on any atom is -0.378 e. The van der Waals surface area contributed by atoms with Gasteiger partial charge in [0.2, 0.25) is 10.0 Å². The normalized spacial score (nSPS) is 27.5. The molecule has 9 heteroatoms. The van der Waals surface area contributed by atoms with Gasteiger partial charge in [-0.3, -0.25) is 4.99 Å². The van der Waals surface area contributed by atoms with Gasteiger partial charge in [-0.2, -0.15) is 0 Å². The zero-order chi connectivity index (χ0) is 20.9. The van der Waals surface area contributed by atoms with E-state index < -0.39 is 10.0 Å². The van der Waals surface area contributed by atoms with Gasteiger partial charge in [0.05, 0.1) is 11.9 Å². The van der Waals surface area contributed by atoms with Crippen molar-refractivity contribution in [1.29, 1.82) is 0 Å². The van der Waals surface area contributed by atoms with Crippen LogP contribution in [0.4, 0.5) is 0 Å². The molecule has 0 radical (unpaired) electrons. The predicted molar refractivity (Wildman–Crippen MR) is 133 cm³/mol. The zero-order valence-electron chi connectivity index (χ0n) is 18.9. The van der Waals surface area contributed by atoms with E-state index in [0.29, 0.717) is 31.7 Å². The molecule has 1 saturated heterocycles. The molecular formula is C21H41IN4O3S. The summed E-state index contributed by atoms with van der Waals surface area (Å²) in [7, 11) is -3.09. The average Bonchev–Trinajstić information content (AvgIpc) is 3.21. The first-order valence-corrected chi connectivity index (χ1v) is 13.2. The number of hydrogen-bond donors (Lipinski definition) is 2. The third kappa shape index (κ3) is 5.81. The van der Waals surface area contributed by atoms with Gasteiger partial charge in [0, 0.05) is 43.7 Å². The topological polar surface area (TPSA) is 83.0 Å². The molecular weight excluding hydrogens is 515 g/mol. The van der Waals surface area contributed by atoms with Crippen LogP contribution < -0.4 is 10.6 Å². The quantitative estimate of drug-likeness (QED) is 0.273. The van der Waals surface area contributed by atoms with Crippen molar-refractivity contribution in [2.75, 3.05) is 32.0 Å². The average molecular weight is 557 g/mol. The molecule has 1 spiro atoms. The number of guanidine groups is 1. The smallest absolute Gasteiger partial charge is 0.214 e. The third-order valence-electron chi connectivity index (χ3n) is 6.96. The zero-order valence-corrected chi connectivity index (χ0v) is 22.0. The van der Waals surface area contributed by atoms with Gasteiger partial charge >= 0.3 is 0 Å². The van der Waals surface area contributed by atoms with Crippen LogP contribution in [0.2, 0.25) is 0 Å². The number of halogens is 1. The van der Waals surface area contributed by atoms with Crippen molar-refractivity contribution in [3.05, 3.63) is 0 Å². The molecule has 2 atom stereocenters. The highest BCUT2D eigenvalue weighted by atomic mass is 127. The summed E-state index contributed by atoms with van der Waals surface area (Å²) in [5, 5.41) is 7.30. The van der Waals surface area contributed by atoms with Crippen molar-refractivity contribution < 1.29 is 13.2 Å². The van der Waals surface area contributed by atoms with Crippen LogP contribution in [-0.2, 0) is 14.8 Å². The van der Waals surface area contributed by atoms with Crippen LogP contribution in [0.3, 0.4) is 0 Å². The van der Waals surface area contributed by atoms with E-state index in [1.807, 2.05) is 6.92 Å². The molecule has 30 heavy (non-hydrogen) atoms. The second-order valence-electron chi connectivity index (χ2n) is 8.77. The third-order valence-corrected chi connectivity index (χ3v) is 9.04. The number of piperidine rings is 1. The van der Waals surface area contributed by atoms with Crippen molar-refractivity contribution in [3.63, 3.8) is 0 Å². The van der Waals surface area contributed by atoms with E-state index in [2.05, 4.69) is 29.5 Å². The van der Waals surface area contributed by atoms with Crippen molar-refractivity contribution in [3.8, 4) is 0 Å². The Bertz CT molecular complexity index is 659. The van der Waals surface area contributed by atoms with E-state index in [9.17, 15) is 8.42 Å². The molecule has 1 heterocycles. The molecule has 3 fully saturated rings.